The van der Waals surface area contributed by atoms with Crippen molar-refractivity contribution in [3.63, 3.8) is 0 Å². The fourth-order valence-electron chi connectivity index (χ4n) is 4.88. The van der Waals surface area contributed by atoms with Gasteiger partial charge in [-0.2, -0.15) is 0 Å². The molecule has 2 aliphatic heterocycles. The van der Waals surface area contributed by atoms with Gasteiger partial charge in [0.05, 0.1) is 5.69 Å². The lowest BCUT2D eigenvalue weighted by Gasteiger charge is -2.23. The van der Waals surface area contributed by atoms with E-state index in [-0.39, 0.29) is 23.6 Å². The molecule has 0 saturated heterocycles. The zero-order valence-corrected chi connectivity index (χ0v) is 20.6. The quantitative estimate of drug-likeness (QED) is 0.360. The van der Waals surface area contributed by atoms with Gasteiger partial charge in [0.1, 0.15) is 0 Å². The number of imide groups is 1. The summed E-state index contributed by atoms with van der Waals surface area (Å²) in [6.45, 7) is 2.18. The van der Waals surface area contributed by atoms with Crippen LogP contribution in [0.25, 0.3) is 0 Å². The number of hydrogen-bond donors (Lipinski definition) is 1. The van der Waals surface area contributed by atoms with Crippen molar-refractivity contribution in [3.8, 4) is 0 Å². The number of benzene rings is 3. The Morgan fingerprint density at radius 2 is 1.22 bits per heavy atom. The highest BCUT2D eigenvalue weighted by atomic mass is 16.3. The molecule has 0 aromatic heterocycles. The van der Waals surface area contributed by atoms with Gasteiger partial charge in [-0.15, -0.1) is 0 Å². The second-order valence-corrected chi connectivity index (χ2v) is 9.29. The Kier molecular flexibility index (Phi) is 6.84. The molecule has 5 rings (SSSR count). The van der Waals surface area contributed by atoms with Crippen LogP contribution in [0.4, 0.5) is 11.4 Å². The highest BCUT2D eigenvalue weighted by Gasteiger charge is 2.27. The van der Waals surface area contributed by atoms with Gasteiger partial charge in [0, 0.05) is 29.8 Å². The zero-order chi connectivity index (χ0) is 25.9. The summed E-state index contributed by atoms with van der Waals surface area (Å²) < 4.78 is 0. The number of nitrogens with zero attached hydrogens (tertiary/aromatic N) is 2. The van der Waals surface area contributed by atoms with Crippen LogP contribution in [0.2, 0.25) is 0 Å². The van der Waals surface area contributed by atoms with E-state index < -0.39 is 6.23 Å². The standard InChI is InChI=1S/C31H28N2O4/c1-2-3-4-21-5-7-22(8-6-21)31(23-9-13-25(14-10-23)32-27(34)17-18-28(32)35)24-11-15-26(16-12-24)33-29(36)19-20-30(33)37/h5-20,27,31,34H,2-4H2,1H3. The minimum atomic E-state index is -0.970. The number of carbonyl (C=O) groups is 3. The van der Waals surface area contributed by atoms with Gasteiger partial charge in [-0.3, -0.25) is 19.3 Å². The maximum atomic E-state index is 12.2. The van der Waals surface area contributed by atoms with Crippen molar-refractivity contribution in [2.45, 2.75) is 38.3 Å². The largest absolute Gasteiger partial charge is 0.369 e. The maximum absolute atomic E-state index is 12.2. The molecule has 2 heterocycles. The average molecular weight is 493 g/mol. The molecule has 2 atom stereocenters. The van der Waals surface area contributed by atoms with Crippen LogP contribution in [0.3, 0.4) is 0 Å². The van der Waals surface area contributed by atoms with Crippen LogP contribution in [0, 0.1) is 0 Å². The molecular formula is C31H28N2O4. The summed E-state index contributed by atoms with van der Waals surface area (Å²) in [5.74, 6) is -1.05. The van der Waals surface area contributed by atoms with Crippen molar-refractivity contribution >= 4 is 29.1 Å². The summed E-state index contributed by atoms with van der Waals surface area (Å²) in [5, 5.41) is 10.1. The molecule has 6 nitrogen and oxygen atoms in total. The third kappa shape index (κ3) is 4.88. The van der Waals surface area contributed by atoms with Gasteiger partial charge in [-0.25, -0.2) is 4.90 Å². The summed E-state index contributed by atoms with van der Waals surface area (Å²) in [4.78, 5) is 38.9. The first kappa shape index (κ1) is 24.4. The molecule has 3 amide bonds. The third-order valence-electron chi connectivity index (χ3n) is 6.84. The summed E-state index contributed by atoms with van der Waals surface area (Å²) in [6, 6.07) is 23.7. The number of aliphatic hydroxyl groups is 1. The van der Waals surface area contributed by atoms with Crippen molar-refractivity contribution in [3.05, 3.63) is 119 Å². The van der Waals surface area contributed by atoms with Gasteiger partial charge in [0.2, 0.25) is 0 Å². The number of amides is 3. The van der Waals surface area contributed by atoms with E-state index in [1.807, 2.05) is 36.4 Å². The Morgan fingerprint density at radius 3 is 1.70 bits per heavy atom. The molecular weight excluding hydrogens is 464 g/mol. The highest BCUT2D eigenvalue weighted by Crippen LogP contribution is 2.35. The molecule has 3 aromatic carbocycles. The summed E-state index contributed by atoms with van der Waals surface area (Å²) in [7, 11) is 0. The zero-order valence-electron chi connectivity index (χ0n) is 20.6. The van der Waals surface area contributed by atoms with E-state index in [1.54, 1.807) is 12.1 Å². The Labute approximate surface area is 216 Å². The van der Waals surface area contributed by atoms with Crippen LogP contribution < -0.4 is 9.80 Å². The first-order valence-corrected chi connectivity index (χ1v) is 12.5. The van der Waals surface area contributed by atoms with E-state index in [9.17, 15) is 19.5 Å². The van der Waals surface area contributed by atoms with Gasteiger partial charge in [-0.05, 0) is 65.4 Å². The van der Waals surface area contributed by atoms with Crippen LogP contribution in [-0.2, 0) is 20.8 Å². The first-order valence-electron chi connectivity index (χ1n) is 12.5. The summed E-state index contributed by atoms with van der Waals surface area (Å²) >= 11 is 0. The number of unbranched alkanes of at least 4 members (excludes halogenated alkanes) is 1. The molecule has 3 aromatic rings. The predicted octanol–water partition coefficient (Wildman–Crippen LogP) is 4.86. The number of rotatable bonds is 8. The smallest absolute Gasteiger partial charge is 0.258 e. The number of aryl methyl sites for hydroxylation is 1. The Morgan fingerprint density at radius 1 is 0.703 bits per heavy atom. The maximum Gasteiger partial charge on any atom is 0.258 e. The number of carbonyl (C=O) groups excluding carboxylic acids is 3. The van der Waals surface area contributed by atoms with Crippen molar-refractivity contribution in [1.29, 1.82) is 0 Å². The Hall–Kier alpha value is -4.29. The molecule has 37 heavy (non-hydrogen) atoms. The molecule has 0 spiro atoms. The van der Waals surface area contributed by atoms with Crippen molar-refractivity contribution < 1.29 is 19.5 Å². The van der Waals surface area contributed by atoms with Crippen LogP contribution >= 0.6 is 0 Å². The number of hydrogen-bond acceptors (Lipinski definition) is 4. The summed E-state index contributed by atoms with van der Waals surface area (Å²) in [6.07, 6.45) is 7.74. The molecule has 0 fully saturated rings. The first-order chi connectivity index (χ1) is 18.0. The van der Waals surface area contributed by atoms with E-state index in [2.05, 4.69) is 31.2 Å². The monoisotopic (exact) mass is 492 g/mol. The predicted molar refractivity (Wildman–Crippen MR) is 143 cm³/mol. The lowest BCUT2D eigenvalue weighted by Crippen LogP contribution is -2.33. The molecule has 0 saturated carbocycles. The average Bonchev–Trinajstić information content (AvgIpc) is 3.44. The van der Waals surface area contributed by atoms with Crippen LogP contribution in [0.5, 0.6) is 0 Å². The Balaban J connectivity index is 1.49. The van der Waals surface area contributed by atoms with Crippen LogP contribution in [0.1, 0.15) is 47.9 Å². The SMILES string of the molecule is CCCCc1ccc(C(c2ccc(N3C(=O)C=CC3=O)cc2)c2ccc(N3C(=O)C=CC3O)cc2)cc1. The van der Waals surface area contributed by atoms with E-state index in [0.29, 0.717) is 11.4 Å². The minimum absolute atomic E-state index is 0.108. The summed E-state index contributed by atoms with van der Waals surface area (Å²) in [5.41, 5.74) is 5.57. The fourth-order valence-corrected chi connectivity index (χ4v) is 4.88. The van der Waals surface area contributed by atoms with E-state index in [0.717, 1.165) is 40.9 Å². The van der Waals surface area contributed by atoms with Gasteiger partial charge in [0.15, 0.2) is 6.23 Å². The fraction of sp³-hybridized carbons (Fsp3) is 0.194. The van der Waals surface area contributed by atoms with Gasteiger partial charge < -0.3 is 5.11 Å². The lowest BCUT2D eigenvalue weighted by atomic mass is 9.84. The molecule has 6 heteroatoms. The highest BCUT2D eigenvalue weighted by molar-refractivity contribution is 6.28. The van der Waals surface area contributed by atoms with Crippen molar-refractivity contribution in [2.75, 3.05) is 9.80 Å². The van der Waals surface area contributed by atoms with Crippen LogP contribution in [0.15, 0.2) is 97.1 Å². The lowest BCUT2D eigenvalue weighted by molar-refractivity contribution is -0.120. The minimum Gasteiger partial charge on any atom is -0.369 e. The normalized spacial score (nSPS) is 17.8. The topological polar surface area (TPSA) is 77.9 Å². The van der Waals surface area contributed by atoms with Crippen molar-refractivity contribution in [2.24, 2.45) is 0 Å². The van der Waals surface area contributed by atoms with Crippen molar-refractivity contribution in [1.82, 2.24) is 0 Å². The van der Waals surface area contributed by atoms with Crippen LogP contribution in [-0.4, -0.2) is 29.1 Å². The van der Waals surface area contributed by atoms with E-state index in [4.69, 9.17) is 0 Å². The second kappa shape index (κ2) is 10.4. The second-order valence-electron chi connectivity index (χ2n) is 9.29. The van der Waals surface area contributed by atoms with E-state index in [1.165, 1.54) is 34.8 Å². The molecule has 0 radical (unpaired) electrons. The number of anilines is 2. The molecule has 2 aliphatic rings. The molecule has 1 N–H and O–H groups in total. The van der Waals surface area contributed by atoms with Gasteiger partial charge in [-0.1, -0.05) is 61.9 Å². The van der Waals surface area contributed by atoms with Gasteiger partial charge >= 0.3 is 0 Å². The van der Waals surface area contributed by atoms with Gasteiger partial charge in [0.25, 0.3) is 17.7 Å². The number of aliphatic hydroxyl groups excluding tert-OH is 1. The molecule has 2 unspecified atom stereocenters. The third-order valence-corrected chi connectivity index (χ3v) is 6.84. The molecule has 0 aliphatic carbocycles. The Bertz CT molecular complexity index is 1350. The molecule has 0 bridgehead atoms. The van der Waals surface area contributed by atoms with E-state index >= 15 is 0 Å². The molecule has 186 valence electrons.